The van der Waals surface area contributed by atoms with Gasteiger partial charge in [0, 0.05) is 19.0 Å². The summed E-state index contributed by atoms with van der Waals surface area (Å²) >= 11 is 6.25. The molecule has 3 rings (SSSR count). The van der Waals surface area contributed by atoms with Crippen molar-refractivity contribution in [2.75, 3.05) is 11.9 Å². The number of benzene rings is 1. The summed E-state index contributed by atoms with van der Waals surface area (Å²) in [4.78, 5) is 14.0. The quantitative estimate of drug-likeness (QED) is 0.845. The minimum absolute atomic E-state index is 0.185. The Morgan fingerprint density at radius 1 is 1.44 bits per heavy atom. The summed E-state index contributed by atoms with van der Waals surface area (Å²) in [6.45, 7) is 3.02. The molecule has 0 radical (unpaired) electrons. The number of carbonyl (C=O) groups excluding carboxylic acids is 1. The van der Waals surface area contributed by atoms with Crippen molar-refractivity contribution in [3.05, 3.63) is 28.8 Å². The first kappa shape index (κ1) is 11.8. The highest BCUT2D eigenvalue weighted by Crippen LogP contribution is 2.41. The molecule has 2 aliphatic rings. The standard InChI is InChI=1S/C14H17ClN2O/c1-9-8-12(17-7-3-6-13(17)18)10-4-2-5-11(15)14(10)16-9/h2,4-5,9,12,16H,3,6-8H2,1H3/t9-,12+/m1/s1. The highest BCUT2D eigenvalue weighted by atomic mass is 35.5. The molecule has 0 aliphatic carbocycles. The van der Waals surface area contributed by atoms with E-state index in [1.807, 2.05) is 17.0 Å². The van der Waals surface area contributed by atoms with Crippen LogP contribution in [0.4, 0.5) is 5.69 Å². The number of rotatable bonds is 1. The molecule has 0 aromatic heterocycles. The maximum atomic E-state index is 11.9. The van der Waals surface area contributed by atoms with Gasteiger partial charge in [0.15, 0.2) is 0 Å². The number of amides is 1. The molecule has 18 heavy (non-hydrogen) atoms. The molecule has 4 heteroatoms. The fourth-order valence-corrected chi connectivity index (χ4v) is 3.27. The highest BCUT2D eigenvalue weighted by Gasteiger charge is 2.34. The van der Waals surface area contributed by atoms with E-state index >= 15 is 0 Å². The van der Waals surface area contributed by atoms with Gasteiger partial charge in [0.05, 0.1) is 16.8 Å². The number of nitrogens with zero attached hydrogens (tertiary/aromatic N) is 1. The lowest BCUT2D eigenvalue weighted by atomic mass is 9.92. The summed E-state index contributed by atoms with van der Waals surface area (Å²) in [5, 5.41) is 4.17. The molecule has 0 saturated carbocycles. The lowest BCUT2D eigenvalue weighted by Crippen LogP contribution is -2.37. The first-order chi connectivity index (χ1) is 8.66. The lowest BCUT2D eigenvalue weighted by molar-refractivity contribution is -0.130. The molecule has 3 nitrogen and oxygen atoms in total. The van der Waals surface area contributed by atoms with Crippen LogP contribution in [-0.4, -0.2) is 23.4 Å². The van der Waals surface area contributed by atoms with Crippen molar-refractivity contribution in [1.29, 1.82) is 0 Å². The number of likely N-dealkylation sites (tertiary alicyclic amines) is 1. The van der Waals surface area contributed by atoms with Crippen molar-refractivity contribution in [2.24, 2.45) is 0 Å². The van der Waals surface area contributed by atoms with E-state index in [4.69, 9.17) is 11.6 Å². The average Bonchev–Trinajstić information content (AvgIpc) is 2.76. The van der Waals surface area contributed by atoms with Crippen LogP contribution >= 0.6 is 11.6 Å². The van der Waals surface area contributed by atoms with E-state index in [0.717, 1.165) is 35.7 Å². The van der Waals surface area contributed by atoms with Crippen LogP contribution in [0, 0.1) is 0 Å². The third kappa shape index (κ3) is 1.87. The smallest absolute Gasteiger partial charge is 0.223 e. The Kier molecular flexibility index (Phi) is 2.94. The third-order valence-electron chi connectivity index (χ3n) is 3.86. The summed E-state index contributed by atoms with van der Waals surface area (Å²) in [6, 6.07) is 6.47. The number of halogens is 1. The first-order valence-electron chi connectivity index (χ1n) is 6.51. The van der Waals surface area contributed by atoms with E-state index in [1.54, 1.807) is 0 Å². The molecule has 2 atom stereocenters. The Labute approximate surface area is 112 Å². The van der Waals surface area contributed by atoms with Gasteiger partial charge in [0.2, 0.25) is 5.91 Å². The average molecular weight is 265 g/mol. The molecule has 1 saturated heterocycles. The number of carbonyl (C=O) groups is 1. The first-order valence-corrected chi connectivity index (χ1v) is 6.89. The van der Waals surface area contributed by atoms with Gasteiger partial charge >= 0.3 is 0 Å². The summed E-state index contributed by atoms with van der Waals surface area (Å²) in [5.41, 5.74) is 2.17. The van der Waals surface area contributed by atoms with Crippen LogP contribution in [-0.2, 0) is 4.79 Å². The Bertz CT molecular complexity index is 489. The predicted molar refractivity (Wildman–Crippen MR) is 72.8 cm³/mol. The molecule has 1 N–H and O–H groups in total. The van der Waals surface area contributed by atoms with Crippen LogP contribution in [0.25, 0.3) is 0 Å². The van der Waals surface area contributed by atoms with Crippen molar-refractivity contribution in [2.45, 2.75) is 38.3 Å². The second-order valence-corrected chi connectivity index (χ2v) is 5.60. The van der Waals surface area contributed by atoms with Gasteiger partial charge in [-0.05, 0) is 31.4 Å². The SMILES string of the molecule is C[C@@H]1C[C@H](N2CCCC2=O)c2cccc(Cl)c2N1. The van der Waals surface area contributed by atoms with Gasteiger partial charge < -0.3 is 10.2 Å². The molecule has 2 aliphatic heterocycles. The third-order valence-corrected chi connectivity index (χ3v) is 4.17. The van der Waals surface area contributed by atoms with Crippen LogP contribution in [0.3, 0.4) is 0 Å². The van der Waals surface area contributed by atoms with E-state index in [0.29, 0.717) is 12.5 Å². The molecular weight excluding hydrogens is 248 g/mol. The number of hydrogen-bond acceptors (Lipinski definition) is 2. The Morgan fingerprint density at radius 3 is 3.00 bits per heavy atom. The van der Waals surface area contributed by atoms with Crippen LogP contribution in [0.15, 0.2) is 18.2 Å². The van der Waals surface area contributed by atoms with E-state index in [1.165, 1.54) is 0 Å². The summed E-state index contributed by atoms with van der Waals surface area (Å²) < 4.78 is 0. The lowest BCUT2D eigenvalue weighted by Gasteiger charge is -2.37. The van der Waals surface area contributed by atoms with Crippen molar-refractivity contribution in [3.63, 3.8) is 0 Å². The maximum absolute atomic E-state index is 11.9. The Balaban J connectivity index is 2.02. The topological polar surface area (TPSA) is 32.3 Å². The van der Waals surface area contributed by atoms with E-state index in [9.17, 15) is 4.79 Å². The molecular formula is C14H17ClN2O. The molecule has 1 amide bonds. The minimum Gasteiger partial charge on any atom is -0.381 e. The monoisotopic (exact) mass is 264 g/mol. The number of hydrogen-bond donors (Lipinski definition) is 1. The van der Waals surface area contributed by atoms with Crippen LogP contribution in [0.1, 0.15) is 37.8 Å². The number of fused-ring (bicyclic) bond motifs is 1. The fraction of sp³-hybridized carbons (Fsp3) is 0.500. The van der Waals surface area contributed by atoms with Crippen LogP contribution in [0.2, 0.25) is 5.02 Å². The van der Waals surface area contributed by atoms with Crippen molar-refractivity contribution in [1.82, 2.24) is 4.90 Å². The van der Waals surface area contributed by atoms with Gasteiger partial charge in [-0.15, -0.1) is 0 Å². The highest BCUT2D eigenvalue weighted by molar-refractivity contribution is 6.33. The van der Waals surface area contributed by atoms with Gasteiger partial charge in [-0.25, -0.2) is 0 Å². The van der Waals surface area contributed by atoms with Crippen molar-refractivity contribution in [3.8, 4) is 0 Å². The van der Waals surface area contributed by atoms with E-state index in [2.05, 4.69) is 18.3 Å². The normalized spacial score (nSPS) is 27.0. The maximum Gasteiger partial charge on any atom is 0.223 e. The molecule has 1 fully saturated rings. The summed E-state index contributed by atoms with van der Waals surface area (Å²) in [5.74, 6) is 0.278. The predicted octanol–water partition coefficient (Wildman–Crippen LogP) is 3.21. The van der Waals surface area contributed by atoms with Gasteiger partial charge in [-0.3, -0.25) is 4.79 Å². The zero-order chi connectivity index (χ0) is 12.7. The molecule has 1 aromatic rings. The van der Waals surface area contributed by atoms with Gasteiger partial charge in [0.25, 0.3) is 0 Å². The van der Waals surface area contributed by atoms with Crippen molar-refractivity contribution >= 4 is 23.2 Å². The molecule has 0 unspecified atom stereocenters. The van der Waals surface area contributed by atoms with Crippen molar-refractivity contribution < 1.29 is 4.79 Å². The number of nitrogens with one attached hydrogen (secondary N) is 1. The zero-order valence-corrected chi connectivity index (χ0v) is 11.2. The molecule has 0 spiro atoms. The van der Waals surface area contributed by atoms with Gasteiger partial charge in [-0.1, -0.05) is 23.7 Å². The van der Waals surface area contributed by atoms with Crippen LogP contribution < -0.4 is 5.32 Å². The Morgan fingerprint density at radius 2 is 2.28 bits per heavy atom. The minimum atomic E-state index is 0.185. The molecule has 96 valence electrons. The molecule has 1 aromatic carbocycles. The van der Waals surface area contributed by atoms with Gasteiger partial charge in [-0.2, -0.15) is 0 Å². The van der Waals surface area contributed by atoms with Gasteiger partial charge in [0.1, 0.15) is 0 Å². The van der Waals surface area contributed by atoms with E-state index in [-0.39, 0.29) is 11.9 Å². The largest absolute Gasteiger partial charge is 0.381 e. The number of para-hydroxylation sites is 1. The summed E-state index contributed by atoms with van der Waals surface area (Å²) in [6.07, 6.45) is 2.63. The zero-order valence-electron chi connectivity index (χ0n) is 10.4. The molecule has 0 bridgehead atoms. The summed E-state index contributed by atoms with van der Waals surface area (Å²) in [7, 11) is 0. The second-order valence-electron chi connectivity index (χ2n) is 5.19. The molecule has 2 heterocycles. The fourth-order valence-electron chi connectivity index (χ4n) is 3.03. The van der Waals surface area contributed by atoms with Crippen LogP contribution in [0.5, 0.6) is 0 Å². The number of anilines is 1. The second kappa shape index (κ2) is 4.47. The Hall–Kier alpha value is -1.22. The van der Waals surface area contributed by atoms with E-state index < -0.39 is 0 Å².